The van der Waals surface area contributed by atoms with E-state index in [4.69, 9.17) is 9.47 Å². The van der Waals surface area contributed by atoms with Crippen LogP contribution in [-0.4, -0.2) is 24.6 Å². The smallest absolute Gasteiger partial charge is 0.313 e. The van der Waals surface area contributed by atoms with Gasteiger partial charge >= 0.3 is 11.9 Å². The van der Waals surface area contributed by atoms with Crippen molar-refractivity contribution in [3.05, 3.63) is 12.7 Å². The third kappa shape index (κ3) is 5.34. The van der Waals surface area contributed by atoms with E-state index in [2.05, 4.69) is 6.58 Å². The predicted molar refractivity (Wildman–Crippen MR) is 69.9 cm³/mol. The molecule has 0 aromatic carbocycles. The van der Waals surface area contributed by atoms with Crippen LogP contribution in [-0.2, 0) is 19.1 Å². The molecule has 0 spiro atoms. The van der Waals surface area contributed by atoms with Crippen LogP contribution in [0.5, 0.6) is 0 Å². The minimum atomic E-state index is -0.521. The summed E-state index contributed by atoms with van der Waals surface area (Å²) >= 11 is 0. The summed E-state index contributed by atoms with van der Waals surface area (Å²) in [7, 11) is 0. The molecule has 0 aliphatic carbocycles. The fourth-order valence-corrected chi connectivity index (χ4v) is 1.81. The Morgan fingerprint density at radius 2 is 1.89 bits per heavy atom. The van der Waals surface area contributed by atoms with Crippen molar-refractivity contribution in [2.24, 2.45) is 11.3 Å². The number of allylic oxidation sites excluding steroid dienone is 1. The molecule has 4 heteroatoms. The van der Waals surface area contributed by atoms with E-state index >= 15 is 0 Å². The third-order valence-electron chi connectivity index (χ3n) is 2.52. The number of carbonyl (C=O) groups excluding carboxylic acids is 2. The van der Waals surface area contributed by atoms with Crippen LogP contribution in [0.25, 0.3) is 0 Å². The fraction of sp³-hybridized carbons (Fsp3) is 0.714. The topological polar surface area (TPSA) is 52.6 Å². The van der Waals surface area contributed by atoms with Gasteiger partial charge in [0.15, 0.2) is 0 Å². The Hall–Kier alpha value is -1.32. The Kier molecular flexibility index (Phi) is 6.66. The number of esters is 2. The Morgan fingerprint density at radius 3 is 2.22 bits per heavy atom. The van der Waals surface area contributed by atoms with Gasteiger partial charge in [0.2, 0.25) is 0 Å². The first kappa shape index (κ1) is 16.7. The maximum Gasteiger partial charge on any atom is 0.313 e. The van der Waals surface area contributed by atoms with Crippen LogP contribution >= 0.6 is 0 Å². The van der Waals surface area contributed by atoms with Gasteiger partial charge in [-0.15, -0.1) is 6.58 Å². The zero-order chi connectivity index (χ0) is 14.3. The van der Waals surface area contributed by atoms with Gasteiger partial charge in [-0.25, -0.2) is 0 Å². The van der Waals surface area contributed by atoms with Crippen molar-refractivity contribution in [1.82, 2.24) is 0 Å². The maximum atomic E-state index is 11.9. The second-order valence-electron chi connectivity index (χ2n) is 5.28. The number of ether oxygens (including phenoxy) is 2. The second kappa shape index (κ2) is 7.19. The van der Waals surface area contributed by atoms with Crippen molar-refractivity contribution >= 4 is 11.9 Å². The van der Waals surface area contributed by atoms with Gasteiger partial charge in [-0.2, -0.15) is 0 Å². The summed E-state index contributed by atoms with van der Waals surface area (Å²) in [5.41, 5.74) is -0.341. The Morgan fingerprint density at radius 1 is 1.33 bits per heavy atom. The van der Waals surface area contributed by atoms with Crippen molar-refractivity contribution in [2.75, 3.05) is 6.61 Å². The molecule has 0 unspecified atom stereocenters. The van der Waals surface area contributed by atoms with Crippen LogP contribution in [0, 0.1) is 11.3 Å². The predicted octanol–water partition coefficient (Wildman–Crippen LogP) is 2.72. The fourth-order valence-electron chi connectivity index (χ4n) is 1.81. The van der Waals surface area contributed by atoms with E-state index in [1.807, 2.05) is 20.8 Å². The quantitative estimate of drug-likeness (QED) is 0.541. The zero-order valence-corrected chi connectivity index (χ0v) is 12.0. The molecule has 0 amide bonds. The van der Waals surface area contributed by atoms with Crippen molar-refractivity contribution in [1.29, 1.82) is 0 Å². The lowest BCUT2D eigenvalue weighted by Gasteiger charge is -2.34. The highest BCUT2D eigenvalue weighted by Gasteiger charge is 2.39. The van der Waals surface area contributed by atoms with Crippen LogP contribution in [0.1, 0.15) is 41.0 Å². The average Bonchev–Trinajstić information content (AvgIpc) is 2.21. The molecule has 0 rings (SSSR count). The summed E-state index contributed by atoms with van der Waals surface area (Å²) in [4.78, 5) is 23.1. The molecular weight excluding hydrogens is 232 g/mol. The number of rotatable bonds is 6. The van der Waals surface area contributed by atoms with Gasteiger partial charge in [0.1, 0.15) is 6.10 Å². The normalized spacial score (nSPS) is 14.5. The van der Waals surface area contributed by atoms with E-state index < -0.39 is 18.0 Å². The second-order valence-corrected chi connectivity index (χ2v) is 5.28. The molecule has 0 N–H and O–H groups in total. The van der Waals surface area contributed by atoms with Crippen molar-refractivity contribution < 1.29 is 19.1 Å². The molecule has 0 saturated heterocycles. The molecular formula is C14H24O4. The van der Waals surface area contributed by atoms with Crippen LogP contribution in [0.2, 0.25) is 0 Å². The van der Waals surface area contributed by atoms with Crippen molar-refractivity contribution in [3.8, 4) is 0 Å². The first-order valence-corrected chi connectivity index (χ1v) is 6.18. The van der Waals surface area contributed by atoms with Crippen LogP contribution in [0.3, 0.4) is 0 Å². The van der Waals surface area contributed by atoms with Crippen LogP contribution in [0.4, 0.5) is 0 Å². The Labute approximate surface area is 109 Å². The molecule has 18 heavy (non-hydrogen) atoms. The molecule has 0 heterocycles. The van der Waals surface area contributed by atoms with Gasteiger partial charge in [0.25, 0.3) is 0 Å². The third-order valence-corrected chi connectivity index (χ3v) is 2.52. The molecule has 0 radical (unpaired) electrons. The van der Waals surface area contributed by atoms with Crippen LogP contribution < -0.4 is 0 Å². The molecule has 0 saturated carbocycles. The number of hydrogen-bond acceptors (Lipinski definition) is 4. The summed E-state index contributed by atoms with van der Waals surface area (Å²) in [5, 5.41) is 0. The van der Waals surface area contributed by atoms with Crippen LogP contribution in [0.15, 0.2) is 12.7 Å². The van der Waals surface area contributed by atoms with E-state index in [0.29, 0.717) is 13.0 Å². The van der Waals surface area contributed by atoms with Gasteiger partial charge in [-0.1, -0.05) is 26.8 Å². The monoisotopic (exact) mass is 256 g/mol. The molecule has 0 fully saturated rings. The minimum Gasteiger partial charge on any atom is -0.466 e. The minimum absolute atomic E-state index is 0.309. The summed E-state index contributed by atoms with van der Waals surface area (Å²) in [5.74, 6) is -1.25. The van der Waals surface area contributed by atoms with E-state index in [1.165, 1.54) is 6.92 Å². The zero-order valence-electron chi connectivity index (χ0n) is 12.0. The lowest BCUT2D eigenvalue weighted by Crippen LogP contribution is -2.42. The largest absolute Gasteiger partial charge is 0.466 e. The standard InChI is InChI=1S/C14H24O4/c1-7-9-11(13(16)17-8-2)12(14(4,5)6)18-10(3)15/h7,11-12H,1,8-9H2,2-6H3/t11-,12+/m1/s1. The average molecular weight is 256 g/mol. The number of hydrogen-bond donors (Lipinski definition) is 0. The highest BCUT2D eigenvalue weighted by atomic mass is 16.6. The lowest BCUT2D eigenvalue weighted by atomic mass is 9.79. The molecule has 0 aliphatic heterocycles. The summed E-state index contributed by atoms with van der Waals surface area (Å²) in [6, 6.07) is 0. The molecule has 2 atom stereocenters. The van der Waals surface area contributed by atoms with E-state index in [-0.39, 0.29) is 11.4 Å². The molecule has 0 aromatic heterocycles. The van der Waals surface area contributed by atoms with E-state index in [9.17, 15) is 9.59 Å². The highest BCUT2D eigenvalue weighted by Crippen LogP contribution is 2.31. The molecule has 0 aromatic rings. The van der Waals surface area contributed by atoms with Gasteiger partial charge < -0.3 is 9.47 Å². The lowest BCUT2D eigenvalue weighted by molar-refractivity contribution is -0.167. The van der Waals surface area contributed by atoms with Gasteiger partial charge in [0.05, 0.1) is 12.5 Å². The molecule has 4 nitrogen and oxygen atoms in total. The Balaban J connectivity index is 5.14. The van der Waals surface area contributed by atoms with Crippen molar-refractivity contribution in [2.45, 2.75) is 47.1 Å². The maximum absolute atomic E-state index is 11.9. The Bertz CT molecular complexity index is 301. The summed E-state index contributed by atoms with van der Waals surface area (Å²) in [6.45, 7) is 12.8. The number of carbonyl (C=O) groups is 2. The molecule has 104 valence electrons. The van der Waals surface area contributed by atoms with Gasteiger partial charge in [-0.3, -0.25) is 9.59 Å². The van der Waals surface area contributed by atoms with Crippen molar-refractivity contribution in [3.63, 3.8) is 0 Å². The first-order valence-electron chi connectivity index (χ1n) is 6.18. The first-order chi connectivity index (χ1) is 8.23. The molecule has 0 aliphatic rings. The van der Waals surface area contributed by atoms with Gasteiger partial charge in [-0.05, 0) is 18.8 Å². The summed E-state index contributed by atoms with van der Waals surface area (Å²) < 4.78 is 10.3. The summed E-state index contributed by atoms with van der Waals surface area (Å²) in [6.07, 6.45) is 1.55. The highest BCUT2D eigenvalue weighted by molar-refractivity contribution is 5.74. The molecule has 0 bridgehead atoms. The van der Waals surface area contributed by atoms with E-state index in [0.717, 1.165) is 0 Å². The SMILES string of the molecule is C=CC[C@@H](C(=O)OCC)[C@H](OC(C)=O)C(C)(C)C. The van der Waals surface area contributed by atoms with Gasteiger partial charge in [0, 0.05) is 6.92 Å². The van der Waals surface area contributed by atoms with E-state index in [1.54, 1.807) is 13.0 Å².